The van der Waals surface area contributed by atoms with Crippen LogP contribution >= 0.6 is 0 Å². The van der Waals surface area contributed by atoms with E-state index in [0.717, 1.165) is 12.1 Å². The number of nitrogens with zero attached hydrogens (tertiary/aromatic N) is 2. The Kier molecular flexibility index (Phi) is 4.75. The SMILES string of the molecule is O=C(O)[C@@H]1[C@H](C(=O)N2CCN(S(=O)(=O)c3ccc(F)cc3)CC2)[C@H]2C=C[C@H]1C2. The fourth-order valence-electron chi connectivity index (χ4n) is 4.61. The Morgan fingerprint density at radius 2 is 1.54 bits per heavy atom. The number of carbonyl (C=O) groups excluding carboxylic acids is 1. The molecular weight excluding hydrogens is 387 g/mol. The molecule has 150 valence electrons. The zero-order valence-corrected chi connectivity index (χ0v) is 15.9. The lowest BCUT2D eigenvalue weighted by Crippen LogP contribution is -2.53. The first-order chi connectivity index (χ1) is 13.3. The lowest BCUT2D eigenvalue weighted by atomic mass is 9.82. The summed E-state index contributed by atoms with van der Waals surface area (Å²) in [4.78, 5) is 26.2. The fourth-order valence-corrected chi connectivity index (χ4v) is 6.03. The number of benzene rings is 1. The first-order valence-electron chi connectivity index (χ1n) is 9.24. The van der Waals surface area contributed by atoms with Crippen LogP contribution < -0.4 is 0 Å². The average Bonchev–Trinajstić information content (AvgIpc) is 3.29. The second kappa shape index (κ2) is 6.97. The maximum Gasteiger partial charge on any atom is 0.307 e. The van der Waals surface area contributed by atoms with E-state index < -0.39 is 33.6 Å². The van der Waals surface area contributed by atoms with Crippen LogP contribution in [0.1, 0.15) is 6.42 Å². The van der Waals surface area contributed by atoms with E-state index in [0.29, 0.717) is 6.42 Å². The molecular formula is C19H21FN2O5S. The van der Waals surface area contributed by atoms with E-state index in [-0.39, 0.29) is 48.8 Å². The van der Waals surface area contributed by atoms with Gasteiger partial charge in [-0.25, -0.2) is 12.8 Å². The molecule has 1 aromatic carbocycles. The lowest BCUT2D eigenvalue weighted by Gasteiger charge is -2.37. The topological polar surface area (TPSA) is 95.0 Å². The summed E-state index contributed by atoms with van der Waals surface area (Å²) in [7, 11) is -3.76. The molecule has 3 aliphatic rings. The van der Waals surface area contributed by atoms with Crippen LogP contribution in [-0.4, -0.2) is 60.8 Å². The van der Waals surface area contributed by atoms with Crippen LogP contribution in [0, 0.1) is 29.5 Å². The number of piperazine rings is 1. The standard InChI is InChI=1S/C19H21FN2O5S/c20-14-3-5-15(6-4-14)28(26,27)22-9-7-21(8-10-22)18(23)16-12-1-2-13(11-12)17(16)19(24)25/h1-6,12-13,16-17H,7-11H2,(H,24,25)/t12-,13-,16+,17-/m0/s1. The summed E-state index contributed by atoms with van der Waals surface area (Å²) >= 11 is 0. The van der Waals surface area contributed by atoms with Gasteiger partial charge in [0.15, 0.2) is 0 Å². The molecule has 1 saturated heterocycles. The molecule has 1 N–H and O–H groups in total. The number of halogens is 1. The van der Waals surface area contributed by atoms with Gasteiger partial charge < -0.3 is 10.0 Å². The first-order valence-corrected chi connectivity index (χ1v) is 10.7. The van der Waals surface area contributed by atoms with Gasteiger partial charge >= 0.3 is 5.97 Å². The number of rotatable bonds is 4. The smallest absolute Gasteiger partial charge is 0.307 e. The number of aliphatic carboxylic acids is 1. The molecule has 9 heteroatoms. The highest BCUT2D eigenvalue weighted by molar-refractivity contribution is 7.89. The third-order valence-corrected chi connectivity index (χ3v) is 7.94. The van der Waals surface area contributed by atoms with Crippen LogP contribution in [0.4, 0.5) is 4.39 Å². The molecule has 2 aliphatic carbocycles. The van der Waals surface area contributed by atoms with Crippen molar-refractivity contribution in [3.8, 4) is 0 Å². The van der Waals surface area contributed by atoms with Crippen molar-refractivity contribution in [2.75, 3.05) is 26.2 Å². The Balaban J connectivity index is 1.44. The number of fused-ring (bicyclic) bond motifs is 2. The Morgan fingerprint density at radius 1 is 0.964 bits per heavy atom. The van der Waals surface area contributed by atoms with Crippen molar-refractivity contribution in [3.63, 3.8) is 0 Å². The Morgan fingerprint density at radius 3 is 2.11 bits per heavy atom. The van der Waals surface area contributed by atoms with E-state index in [9.17, 15) is 27.5 Å². The largest absolute Gasteiger partial charge is 0.481 e. The summed E-state index contributed by atoms with van der Waals surface area (Å²) in [5, 5.41) is 9.53. The number of carboxylic acids is 1. The van der Waals surface area contributed by atoms with Gasteiger partial charge in [-0.2, -0.15) is 4.31 Å². The van der Waals surface area contributed by atoms with Crippen molar-refractivity contribution in [1.29, 1.82) is 0 Å². The van der Waals surface area contributed by atoms with Gasteiger partial charge in [0.25, 0.3) is 0 Å². The summed E-state index contributed by atoms with van der Waals surface area (Å²) < 4.78 is 39.7. The number of hydrogen-bond donors (Lipinski definition) is 1. The van der Waals surface area contributed by atoms with Crippen LogP contribution in [0.25, 0.3) is 0 Å². The molecule has 1 amide bonds. The van der Waals surface area contributed by atoms with E-state index in [1.807, 2.05) is 12.2 Å². The first kappa shape index (κ1) is 19.1. The van der Waals surface area contributed by atoms with E-state index in [4.69, 9.17) is 0 Å². The van der Waals surface area contributed by atoms with Crippen LogP contribution in [0.3, 0.4) is 0 Å². The molecule has 1 heterocycles. The van der Waals surface area contributed by atoms with E-state index >= 15 is 0 Å². The number of carboxylic acid groups (broad SMARTS) is 1. The highest BCUT2D eigenvalue weighted by Crippen LogP contribution is 2.48. The predicted molar refractivity (Wildman–Crippen MR) is 97.1 cm³/mol. The third-order valence-electron chi connectivity index (χ3n) is 6.03. The maximum atomic E-state index is 13.1. The Hall–Kier alpha value is -2.26. The molecule has 0 aromatic heterocycles. The minimum absolute atomic E-state index is 0.0119. The van der Waals surface area contributed by atoms with Crippen molar-refractivity contribution in [2.24, 2.45) is 23.7 Å². The molecule has 2 bridgehead atoms. The summed E-state index contributed by atoms with van der Waals surface area (Å²) in [5.41, 5.74) is 0. The van der Waals surface area contributed by atoms with Crippen molar-refractivity contribution < 1.29 is 27.5 Å². The highest BCUT2D eigenvalue weighted by atomic mass is 32.2. The monoisotopic (exact) mass is 408 g/mol. The van der Waals surface area contributed by atoms with Crippen LogP contribution in [0.2, 0.25) is 0 Å². The summed E-state index contributed by atoms with van der Waals surface area (Å²) in [6, 6.07) is 4.64. The van der Waals surface area contributed by atoms with Gasteiger partial charge in [0.2, 0.25) is 15.9 Å². The Labute approximate surface area is 162 Å². The number of hydrogen-bond acceptors (Lipinski definition) is 4. The van der Waals surface area contributed by atoms with Gasteiger partial charge in [0, 0.05) is 26.2 Å². The minimum Gasteiger partial charge on any atom is -0.481 e. The highest BCUT2D eigenvalue weighted by Gasteiger charge is 2.52. The molecule has 7 nitrogen and oxygen atoms in total. The minimum atomic E-state index is -3.76. The molecule has 1 saturated carbocycles. The quantitative estimate of drug-likeness (QED) is 0.755. The molecule has 4 atom stereocenters. The van der Waals surface area contributed by atoms with Gasteiger partial charge in [0.1, 0.15) is 5.82 Å². The maximum absolute atomic E-state index is 13.1. The molecule has 4 rings (SSSR count). The van der Waals surface area contributed by atoms with Crippen LogP contribution in [-0.2, 0) is 19.6 Å². The second-order valence-electron chi connectivity index (χ2n) is 7.52. The Bertz CT molecular complexity index is 922. The summed E-state index contributed by atoms with van der Waals surface area (Å²) in [5.74, 6) is -3.11. The number of carbonyl (C=O) groups is 2. The predicted octanol–water partition coefficient (Wildman–Crippen LogP) is 1.18. The van der Waals surface area contributed by atoms with Crippen molar-refractivity contribution >= 4 is 21.9 Å². The molecule has 0 unspecified atom stereocenters. The third kappa shape index (κ3) is 3.12. The molecule has 0 radical (unpaired) electrons. The van der Waals surface area contributed by atoms with Crippen molar-refractivity contribution in [2.45, 2.75) is 11.3 Å². The zero-order chi connectivity index (χ0) is 20.1. The molecule has 2 fully saturated rings. The molecule has 1 aromatic rings. The van der Waals surface area contributed by atoms with Gasteiger partial charge in [-0.3, -0.25) is 9.59 Å². The van der Waals surface area contributed by atoms with Crippen molar-refractivity contribution in [3.05, 3.63) is 42.2 Å². The van der Waals surface area contributed by atoms with E-state index in [1.54, 1.807) is 4.90 Å². The molecule has 1 aliphatic heterocycles. The van der Waals surface area contributed by atoms with Crippen molar-refractivity contribution in [1.82, 2.24) is 9.21 Å². The summed E-state index contributed by atoms with van der Waals surface area (Å²) in [6.07, 6.45) is 4.51. The normalized spacial score (nSPS) is 30.0. The molecule has 28 heavy (non-hydrogen) atoms. The number of allylic oxidation sites excluding steroid dienone is 2. The van der Waals surface area contributed by atoms with Crippen LogP contribution in [0.15, 0.2) is 41.3 Å². The van der Waals surface area contributed by atoms with Gasteiger partial charge in [-0.15, -0.1) is 0 Å². The van der Waals surface area contributed by atoms with E-state index in [1.165, 1.54) is 16.4 Å². The lowest BCUT2D eigenvalue weighted by molar-refractivity contribution is -0.151. The van der Waals surface area contributed by atoms with Gasteiger partial charge in [0.05, 0.1) is 16.7 Å². The van der Waals surface area contributed by atoms with Gasteiger partial charge in [-0.1, -0.05) is 12.2 Å². The zero-order valence-electron chi connectivity index (χ0n) is 15.1. The fraction of sp³-hybridized carbons (Fsp3) is 0.474. The van der Waals surface area contributed by atoms with Gasteiger partial charge in [-0.05, 0) is 42.5 Å². The van der Waals surface area contributed by atoms with E-state index in [2.05, 4.69) is 0 Å². The number of sulfonamides is 1. The second-order valence-corrected chi connectivity index (χ2v) is 9.46. The average molecular weight is 408 g/mol. The molecule has 0 spiro atoms. The summed E-state index contributed by atoms with van der Waals surface area (Å²) in [6.45, 7) is 0.673. The number of amides is 1. The van der Waals surface area contributed by atoms with Crippen LogP contribution in [0.5, 0.6) is 0 Å².